The number of aromatic nitrogens is 2. The number of hydrogen-bond donors (Lipinski definition) is 2. The fourth-order valence-electron chi connectivity index (χ4n) is 3.40. The molecular formula is C22H27N4OS+. The monoisotopic (exact) mass is 395 g/mol. The molecule has 0 fully saturated rings. The lowest BCUT2D eigenvalue weighted by Gasteiger charge is -2.15. The number of hydrogen-bond acceptors (Lipinski definition) is 2. The highest BCUT2D eigenvalue weighted by molar-refractivity contribution is 7.71. The number of rotatable bonds is 7. The maximum atomic E-state index is 11.7. The standard InChI is InChI=1S/C22H26N4OS/c1-4-26-20(18-8-6-5-7-9-18)15-25(22(26)28)16-24(3)14-17-10-12-19(13-11-17)21(27)23-2/h5-13,15H,4,14,16H2,1-3H3,(H,23,27)/p+1. The van der Waals surface area contributed by atoms with Gasteiger partial charge in [0.15, 0.2) is 11.4 Å². The van der Waals surface area contributed by atoms with E-state index in [0.29, 0.717) is 5.56 Å². The Hall–Kier alpha value is -2.70. The number of carbonyl (C=O) groups is 1. The highest BCUT2D eigenvalue weighted by atomic mass is 32.1. The van der Waals surface area contributed by atoms with Gasteiger partial charge in [-0.2, -0.15) is 0 Å². The van der Waals surface area contributed by atoms with Crippen molar-refractivity contribution >= 4 is 18.1 Å². The Morgan fingerprint density at radius 1 is 1.11 bits per heavy atom. The summed E-state index contributed by atoms with van der Waals surface area (Å²) >= 11 is 5.72. The Morgan fingerprint density at radius 2 is 1.79 bits per heavy atom. The third-order valence-corrected chi connectivity index (χ3v) is 5.28. The topological polar surface area (TPSA) is 43.4 Å². The van der Waals surface area contributed by atoms with E-state index in [1.54, 1.807) is 7.05 Å². The van der Waals surface area contributed by atoms with Crippen molar-refractivity contribution in [1.29, 1.82) is 0 Å². The van der Waals surface area contributed by atoms with Gasteiger partial charge in [-0.3, -0.25) is 9.36 Å². The summed E-state index contributed by atoms with van der Waals surface area (Å²) in [4.78, 5) is 13.0. The van der Waals surface area contributed by atoms with Crippen LogP contribution in [0, 0.1) is 4.77 Å². The van der Waals surface area contributed by atoms with Crippen molar-refractivity contribution in [2.75, 3.05) is 14.1 Å². The predicted octanol–water partition coefficient (Wildman–Crippen LogP) is 2.74. The maximum Gasteiger partial charge on any atom is 0.251 e. The summed E-state index contributed by atoms with van der Waals surface area (Å²) in [6.45, 7) is 4.60. The average molecular weight is 396 g/mol. The van der Waals surface area contributed by atoms with E-state index in [1.165, 1.54) is 16.0 Å². The molecule has 0 aliphatic heterocycles. The molecule has 3 aromatic rings. The molecule has 3 rings (SSSR count). The van der Waals surface area contributed by atoms with Gasteiger partial charge in [-0.05, 0) is 36.8 Å². The summed E-state index contributed by atoms with van der Waals surface area (Å²) < 4.78 is 5.17. The summed E-state index contributed by atoms with van der Waals surface area (Å²) in [5.41, 5.74) is 4.20. The quantitative estimate of drug-likeness (QED) is 0.604. The van der Waals surface area contributed by atoms with E-state index in [4.69, 9.17) is 12.2 Å². The van der Waals surface area contributed by atoms with E-state index in [0.717, 1.165) is 30.2 Å². The fraction of sp³-hybridized carbons (Fsp3) is 0.273. The summed E-state index contributed by atoms with van der Waals surface area (Å²) in [5.74, 6) is -0.0621. The zero-order valence-corrected chi connectivity index (χ0v) is 17.4. The molecule has 5 nitrogen and oxygen atoms in total. The molecule has 0 radical (unpaired) electrons. The third-order valence-electron chi connectivity index (χ3n) is 4.82. The van der Waals surface area contributed by atoms with Gasteiger partial charge in [0.05, 0.1) is 12.7 Å². The molecule has 1 unspecified atom stereocenters. The van der Waals surface area contributed by atoms with Crippen molar-refractivity contribution in [1.82, 2.24) is 14.5 Å². The molecule has 2 N–H and O–H groups in total. The molecule has 1 aromatic heterocycles. The second-order valence-corrected chi connectivity index (χ2v) is 7.31. The minimum atomic E-state index is -0.0621. The van der Waals surface area contributed by atoms with E-state index >= 15 is 0 Å². The Kier molecular flexibility index (Phi) is 6.44. The number of benzene rings is 2. The van der Waals surface area contributed by atoms with Crippen LogP contribution in [0.4, 0.5) is 0 Å². The molecule has 0 bridgehead atoms. The predicted molar refractivity (Wildman–Crippen MR) is 115 cm³/mol. The van der Waals surface area contributed by atoms with Gasteiger partial charge >= 0.3 is 0 Å². The van der Waals surface area contributed by atoms with Crippen LogP contribution in [0.2, 0.25) is 0 Å². The van der Waals surface area contributed by atoms with E-state index < -0.39 is 0 Å². The van der Waals surface area contributed by atoms with Gasteiger partial charge in [0.1, 0.15) is 6.54 Å². The number of amides is 1. The zero-order chi connectivity index (χ0) is 20.1. The molecule has 6 heteroatoms. The van der Waals surface area contributed by atoms with Gasteiger partial charge in [0.25, 0.3) is 5.91 Å². The third kappa shape index (κ3) is 4.40. The SMILES string of the molecule is CCn1c(-c2ccccc2)cn(C[NH+](C)Cc2ccc(C(=O)NC)cc2)c1=S. The largest absolute Gasteiger partial charge is 0.355 e. The molecule has 0 saturated heterocycles. The van der Waals surface area contributed by atoms with Gasteiger partial charge in [-0.25, -0.2) is 0 Å². The molecule has 2 aromatic carbocycles. The smallest absolute Gasteiger partial charge is 0.251 e. The number of imidazole rings is 1. The van der Waals surface area contributed by atoms with E-state index in [2.05, 4.69) is 58.9 Å². The Bertz CT molecular complexity index is 990. The molecule has 1 atom stereocenters. The molecule has 1 heterocycles. The van der Waals surface area contributed by atoms with Crippen molar-refractivity contribution in [2.24, 2.45) is 0 Å². The lowest BCUT2D eigenvalue weighted by molar-refractivity contribution is -0.917. The van der Waals surface area contributed by atoms with Gasteiger partial charge < -0.3 is 14.8 Å². The van der Waals surface area contributed by atoms with Crippen LogP contribution < -0.4 is 10.2 Å². The van der Waals surface area contributed by atoms with Gasteiger partial charge in [-0.1, -0.05) is 42.5 Å². The van der Waals surface area contributed by atoms with Crippen molar-refractivity contribution in [3.8, 4) is 11.3 Å². The van der Waals surface area contributed by atoms with Gasteiger partial charge in [0.2, 0.25) is 0 Å². The van der Waals surface area contributed by atoms with E-state index in [-0.39, 0.29) is 5.91 Å². The first-order valence-corrected chi connectivity index (χ1v) is 9.92. The first-order chi connectivity index (χ1) is 13.5. The molecule has 0 saturated carbocycles. The molecular weight excluding hydrogens is 368 g/mol. The summed E-state index contributed by atoms with van der Waals surface area (Å²) in [7, 11) is 3.80. The fourth-order valence-corrected chi connectivity index (χ4v) is 3.75. The van der Waals surface area contributed by atoms with Crippen LogP contribution in [0.25, 0.3) is 11.3 Å². The summed E-state index contributed by atoms with van der Waals surface area (Å²) in [5, 5.41) is 2.65. The van der Waals surface area contributed by atoms with Crippen LogP contribution in [0.5, 0.6) is 0 Å². The van der Waals surface area contributed by atoms with E-state index in [9.17, 15) is 4.79 Å². The Balaban J connectivity index is 1.75. The summed E-state index contributed by atoms with van der Waals surface area (Å²) in [6.07, 6.45) is 2.15. The van der Waals surface area contributed by atoms with Crippen LogP contribution in [-0.2, 0) is 19.8 Å². The second-order valence-electron chi connectivity index (χ2n) is 6.95. The minimum absolute atomic E-state index is 0.0621. The van der Waals surface area contributed by atoms with Crippen molar-refractivity contribution < 1.29 is 9.69 Å². The van der Waals surface area contributed by atoms with Crippen molar-refractivity contribution in [3.63, 3.8) is 0 Å². The van der Waals surface area contributed by atoms with Crippen LogP contribution in [0.15, 0.2) is 60.8 Å². The van der Waals surface area contributed by atoms with Crippen LogP contribution in [0.1, 0.15) is 22.8 Å². The van der Waals surface area contributed by atoms with Crippen molar-refractivity contribution in [3.05, 3.63) is 76.7 Å². The van der Waals surface area contributed by atoms with E-state index in [1.807, 2.05) is 30.3 Å². The number of nitrogens with zero attached hydrogens (tertiary/aromatic N) is 2. The first kappa shape index (κ1) is 20.0. The molecule has 0 aliphatic carbocycles. The average Bonchev–Trinajstić information content (AvgIpc) is 3.03. The lowest BCUT2D eigenvalue weighted by Crippen LogP contribution is -3.06. The summed E-state index contributed by atoms with van der Waals surface area (Å²) in [6, 6.07) is 18.1. The maximum absolute atomic E-state index is 11.7. The normalized spacial score (nSPS) is 12.0. The number of quaternary nitrogens is 1. The van der Waals surface area contributed by atoms with Gasteiger partial charge in [-0.15, -0.1) is 0 Å². The van der Waals surface area contributed by atoms with Crippen molar-refractivity contribution in [2.45, 2.75) is 26.7 Å². The van der Waals surface area contributed by atoms with Crippen LogP contribution in [0.3, 0.4) is 0 Å². The number of carbonyl (C=O) groups excluding carboxylic acids is 1. The van der Waals surface area contributed by atoms with Gasteiger partial charge in [0, 0.05) is 30.9 Å². The Labute approximate surface area is 171 Å². The lowest BCUT2D eigenvalue weighted by atomic mass is 10.1. The second kappa shape index (κ2) is 8.99. The molecule has 0 aliphatic rings. The number of nitrogens with one attached hydrogen (secondary N) is 2. The Morgan fingerprint density at radius 3 is 2.39 bits per heavy atom. The molecule has 146 valence electrons. The highest BCUT2D eigenvalue weighted by Crippen LogP contribution is 2.20. The molecule has 28 heavy (non-hydrogen) atoms. The first-order valence-electron chi connectivity index (χ1n) is 9.51. The van der Waals surface area contributed by atoms with Crippen LogP contribution in [-0.4, -0.2) is 29.1 Å². The zero-order valence-electron chi connectivity index (χ0n) is 16.6. The van der Waals surface area contributed by atoms with Crippen LogP contribution >= 0.6 is 12.2 Å². The highest BCUT2D eigenvalue weighted by Gasteiger charge is 2.13. The minimum Gasteiger partial charge on any atom is -0.355 e. The molecule has 0 spiro atoms. The molecule has 1 amide bonds.